The molecule has 2 amide bonds. The summed E-state index contributed by atoms with van der Waals surface area (Å²) < 4.78 is 5.87. The quantitative estimate of drug-likeness (QED) is 0.602. The number of hydrogen-bond donors (Lipinski definition) is 3. The lowest BCUT2D eigenvalue weighted by molar-refractivity contribution is -0.117. The van der Waals surface area contributed by atoms with Crippen molar-refractivity contribution in [3.05, 3.63) is 69.8 Å². The summed E-state index contributed by atoms with van der Waals surface area (Å²) in [6.45, 7) is -0.104. The summed E-state index contributed by atoms with van der Waals surface area (Å²) in [4.78, 5) is 24.8. The van der Waals surface area contributed by atoms with Gasteiger partial charge in [0, 0.05) is 16.6 Å². The Hall–Kier alpha value is -2.64. The Bertz CT molecular complexity index is 803. The first kappa shape index (κ1) is 19.7. The van der Waals surface area contributed by atoms with Gasteiger partial charge in [0.2, 0.25) is 0 Å². The topological polar surface area (TPSA) is 87.7 Å². The van der Waals surface area contributed by atoms with Crippen LogP contribution in [0.15, 0.2) is 58.7 Å². The van der Waals surface area contributed by atoms with E-state index < -0.39 is 11.8 Å². The van der Waals surface area contributed by atoms with E-state index in [1.165, 1.54) is 0 Å². The van der Waals surface area contributed by atoms with Crippen molar-refractivity contribution in [1.82, 2.24) is 10.6 Å². The van der Waals surface area contributed by atoms with Crippen molar-refractivity contribution in [1.29, 1.82) is 0 Å². The van der Waals surface area contributed by atoms with E-state index in [0.29, 0.717) is 11.3 Å². The van der Waals surface area contributed by atoms with Gasteiger partial charge in [-0.1, -0.05) is 34.1 Å². The average Bonchev–Trinajstić information content (AvgIpc) is 2.66. The van der Waals surface area contributed by atoms with Gasteiger partial charge in [0.1, 0.15) is 11.4 Å². The zero-order valence-electron chi connectivity index (χ0n) is 14.2. The van der Waals surface area contributed by atoms with Crippen LogP contribution in [0.1, 0.15) is 15.9 Å². The molecule has 0 spiro atoms. The minimum atomic E-state index is -0.488. The third-order valence-electron chi connectivity index (χ3n) is 3.40. The molecule has 0 aliphatic carbocycles. The van der Waals surface area contributed by atoms with Gasteiger partial charge < -0.3 is 20.5 Å². The van der Waals surface area contributed by atoms with E-state index in [1.54, 1.807) is 61.7 Å². The molecule has 0 saturated carbocycles. The zero-order valence-corrected chi connectivity index (χ0v) is 15.7. The fourth-order valence-electron chi connectivity index (χ4n) is 2.11. The van der Waals surface area contributed by atoms with E-state index in [2.05, 4.69) is 26.6 Å². The van der Waals surface area contributed by atoms with Gasteiger partial charge in [0.05, 0.1) is 13.7 Å². The summed E-state index contributed by atoms with van der Waals surface area (Å²) in [5.74, 6) is -0.213. The number of carbonyl (C=O) groups excluding carboxylic acids is 2. The van der Waals surface area contributed by atoms with E-state index in [9.17, 15) is 9.59 Å². The highest BCUT2D eigenvalue weighted by molar-refractivity contribution is 9.10. The zero-order chi connectivity index (χ0) is 18.9. The summed E-state index contributed by atoms with van der Waals surface area (Å²) in [5.41, 5.74) is 1.21. The van der Waals surface area contributed by atoms with Crippen molar-refractivity contribution in [3.63, 3.8) is 0 Å². The fraction of sp³-hybridized carbons (Fsp3) is 0.158. The molecule has 0 heterocycles. The maximum Gasteiger partial charge on any atom is 0.267 e. The number of amides is 2. The Balaban J connectivity index is 2.26. The minimum absolute atomic E-state index is 0.0774. The van der Waals surface area contributed by atoms with E-state index in [1.807, 2.05) is 0 Å². The molecule has 0 radical (unpaired) electrons. The molecule has 0 atom stereocenters. The first-order chi connectivity index (χ1) is 12.5. The molecule has 0 aliphatic heterocycles. The van der Waals surface area contributed by atoms with Crippen LogP contribution >= 0.6 is 15.9 Å². The van der Waals surface area contributed by atoms with Gasteiger partial charge in [-0.05, 0) is 42.0 Å². The summed E-state index contributed by atoms with van der Waals surface area (Å²) in [6.07, 6.45) is 1.56. The molecule has 7 heteroatoms. The van der Waals surface area contributed by atoms with Crippen LogP contribution in [-0.4, -0.2) is 37.2 Å². The number of methoxy groups -OCH3 is 1. The third kappa shape index (κ3) is 5.72. The second-order valence-electron chi connectivity index (χ2n) is 5.28. The molecule has 0 bridgehead atoms. The van der Waals surface area contributed by atoms with E-state index in [4.69, 9.17) is 9.84 Å². The summed E-state index contributed by atoms with van der Waals surface area (Å²) >= 11 is 3.31. The molecule has 2 aromatic rings. The second kappa shape index (κ2) is 9.74. The van der Waals surface area contributed by atoms with Crippen LogP contribution in [0.4, 0.5) is 0 Å². The molecule has 136 valence electrons. The van der Waals surface area contributed by atoms with E-state index in [0.717, 1.165) is 10.0 Å². The molecule has 0 unspecified atom stereocenters. The molecule has 2 aromatic carbocycles. The van der Waals surface area contributed by atoms with Crippen LogP contribution in [0.3, 0.4) is 0 Å². The van der Waals surface area contributed by atoms with Crippen molar-refractivity contribution >= 4 is 33.8 Å². The maximum absolute atomic E-state index is 12.5. The largest absolute Gasteiger partial charge is 0.497 e. The number of aliphatic hydroxyl groups is 1. The predicted octanol–water partition coefficient (Wildman–Crippen LogP) is 2.34. The number of nitrogens with one attached hydrogen (secondary N) is 2. The highest BCUT2D eigenvalue weighted by atomic mass is 79.9. The lowest BCUT2D eigenvalue weighted by Crippen LogP contribution is -2.36. The van der Waals surface area contributed by atoms with Gasteiger partial charge in [0.25, 0.3) is 11.8 Å². The van der Waals surface area contributed by atoms with Crippen LogP contribution in [0, 0.1) is 0 Å². The SMILES string of the molecule is COc1ccc(/C=C(\NC(=O)c2cccc(Br)c2)C(=O)NCCO)cc1. The van der Waals surface area contributed by atoms with Crippen molar-refractivity contribution in [2.45, 2.75) is 0 Å². The van der Waals surface area contributed by atoms with Crippen LogP contribution in [-0.2, 0) is 4.79 Å². The van der Waals surface area contributed by atoms with Crippen LogP contribution < -0.4 is 15.4 Å². The Labute approximate surface area is 160 Å². The number of aliphatic hydroxyl groups excluding tert-OH is 1. The Morgan fingerprint density at radius 3 is 2.54 bits per heavy atom. The monoisotopic (exact) mass is 418 g/mol. The van der Waals surface area contributed by atoms with Gasteiger partial charge in [0.15, 0.2) is 0 Å². The number of rotatable bonds is 7. The van der Waals surface area contributed by atoms with Crippen molar-refractivity contribution in [2.24, 2.45) is 0 Å². The van der Waals surface area contributed by atoms with Crippen LogP contribution in [0.25, 0.3) is 6.08 Å². The van der Waals surface area contributed by atoms with Crippen molar-refractivity contribution in [2.75, 3.05) is 20.3 Å². The average molecular weight is 419 g/mol. The first-order valence-electron chi connectivity index (χ1n) is 7.85. The molecule has 0 fully saturated rings. The summed E-state index contributed by atoms with van der Waals surface area (Å²) in [5, 5.41) is 14.1. The third-order valence-corrected chi connectivity index (χ3v) is 3.90. The molecule has 2 rings (SSSR count). The Kier molecular flexibility index (Phi) is 7.37. The second-order valence-corrected chi connectivity index (χ2v) is 6.19. The van der Waals surface area contributed by atoms with Crippen LogP contribution in [0.5, 0.6) is 5.75 Å². The Morgan fingerprint density at radius 2 is 1.92 bits per heavy atom. The lowest BCUT2D eigenvalue weighted by atomic mass is 10.1. The number of hydrogen-bond acceptors (Lipinski definition) is 4. The minimum Gasteiger partial charge on any atom is -0.497 e. The predicted molar refractivity (Wildman–Crippen MR) is 103 cm³/mol. The summed E-state index contributed by atoms with van der Waals surface area (Å²) in [7, 11) is 1.57. The van der Waals surface area contributed by atoms with Gasteiger partial charge in [-0.3, -0.25) is 9.59 Å². The standard InChI is InChI=1S/C19H19BrN2O4/c1-26-16-7-5-13(6-8-16)11-17(19(25)21-9-10-23)22-18(24)14-3-2-4-15(20)12-14/h2-8,11-12,23H,9-10H2,1H3,(H,21,25)(H,22,24)/b17-11-. The smallest absolute Gasteiger partial charge is 0.267 e. The molecule has 0 aromatic heterocycles. The molecular weight excluding hydrogens is 400 g/mol. The fourth-order valence-corrected chi connectivity index (χ4v) is 2.51. The number of ether oxygens (including phenoxy) is 1. The molecular formula is C19H19BrN2O4. The highest BCUT2D eigenvalue weighted by Crippen LogP contribution is 2.15. The molecule has 26 heavy (non-hydrogen) atoms. The number of carbonyl (C=O) groups is 2. The molecule has 0 saturated heterocycles. The normalized spacial score (nSPS) is 11.0. The van der Waals surface area contributed by atoms with Gasteiger partial charge in [-0.25, -0.2) is 0 Å². The van der Waals surface area contributed by atoms with Crippen molar-refractivity contribution in [3.8, 4) is 5.75 Å². The van der Waals surface area contributed by atoms with Crippen molar-refractivity contribution < 1.29 is 19.4 Å². The first-order valence-corrected chi connectivity index (χ1v) is 8.64. The Morgan fingerprint density at radius 1 is 1.19 bits per heavy atom. The number of benzene rings is 2. The van der Waals surface area contributed by atoms with E-state index >= 15 is 0 Å². The van der Waals surface area contributed by atoms with Gasteiger partial charge >= 0.3 is 0 Å². The van der Waals surface area contributed by atoms with Gasteiger partial charge in [-0.2, -0.15) is 0 Å². The molecule has 3 N–H and O–H groups in total. The molecule has 6 nitrogen and oxygen atoms in total. The molecule has 0 aliphatic rings. The lowest BCUT2D eigenvalue weighted by Gasteiger charge is -2.11. The number of halogens is 1. The maximum atomic E-state index is 12.5. The summed E-state index contributed by atoms with van der Waals surface area (Å²) in [6, 6.07) is 13.9. The highest BCUT2D eigenvalue weighted by Gasteiger charge is 2.14. The van der Waals surface area contributed by atoms with Gasteiger partial charge in [-0.15, -0.1) is 0 Å². The van der Waals surface area contributed by atoms with Crippen LogP contribution in [0.2, 0.25) is 0 Å². The van der Waals surface area contributed by atoms with E-state index in [-0.39, 0.29) is 18.8 Å².